The molecule has 2 heterocycles. The van der Waals surface area contributed by atoms with Crippen molar-refractivity contribution >= 4 is 44.8 Å². The number of thiophene rings is 1. The average Bonchev–Trinajstić information content (AvgIpc) is 3.14. The Balaban J connectivity index is 1.80. The van der Waals surface area contributed by atoms with Gasteiger partial charge in [0.05, 0.1) is 21.9 Å². The van der Waals surface area contributed by atoms with Crippen LogP contribution in [-0.2, 0) is 0 Å². The van der Waals surface area contributed by atoms with Crippen LogP contribution < -0.4 is 0 Å². The van der Waals surface area contributed by atoms with Crippen molar-refractivity contribution in [2.45, 2.75) is 5.03 Å². The molecule has 1 aromatic carbocycles. The predicted molar refractivity (Wildman–Crippen MR) is 101 cm³/mol. The monoisotopic (exact) mass is 414 g/mol. The lowest BCUT2D eigenvalue weighted by Crippen LogP contribution is -2.03. The Morgan fingerprint density at radius 3 is 2.83 bits per heavy atom. The topological polar surface area (TPSA) is 53.8 Å². The Labute approximate surface area is 156 Å². The minimum absolute atomic E-state index is 0.00789. The van der Waals surface area contributed by atoms with Gasteiger partial charge in [-0.15, -0.1) is 11.3 Å². The number of thioether (sulfide) groups is 1. The zero-order valence-corrected chi connectivity index (χ0v) is 15.6. The second kappa shape index (κ2) is 7.75. The third-order valence-corrected chi connectivity index (χ3v) is 5.62. The van der Waals surface area contributed by atoms with Crippen molar-refractivity contribution in [3.8, 4) is 16.6 Å². The van der Waals surface area contributed by atoms with E-state index >= 15 is 0 Å². The standard InChI is InChI=1S/C18H11BrN2OS2/c19-14-4-1-3-12(9-14)16(22)11-24-18-13(10-20)6-7-15(21-18)17-5-2-8-23-17/h1-9H,11H2. The van der Waals surface area contributed by atoms with E-state index in [1.807, 2.05) is 35.7 Å². The van der Waals surface area contributed by atoms with E-state index in [1.165, 1.54) is 11.8 Å². The number of hydrogen-bond donors (Lipinski definition) is 0. The number of carbonyl (C=O) groups is 1. The summed E-state index contributed by atoms with van der Waals surface area (Å²) >= 11 is 6.26. The Kier molecular flexibility index (Phi) is 5.46. The molecule has 0 fully saturated rings. The first kappa shape index (κ1) is 16.9. The Morgan fingerprint density at radius 1 is 1.25 bits per heavy atom. The first-order valence-electron chi connectivity index (χ1n) is 7.04. The van der Waals surface area contributed by atoms with Crippen LogP contribution in [-0.4, -0.2) is 16.5 Å². The van der Waals surface area contributed by atoms with E-state index in [9.17, 15) is 10.1 Å². The quantitative estimate of drug-likeness (QED) is 0.413. The van der Waals surface area contributed by atoms with Crippen molar-refractivity contribution in [2.24, 2.45) is 0 Å². The number of rotatable bonds is 5. The number of halogens is 1. The fourth-order valence-electron chi connectivity index (χ4n) is 2.08. The van der Waals surface area contributed by atoms with Crippen molar-refractivity contribution in [2.75, 3.05) is 5.75 Å². The van der Waals surface area contributed by atoms with Crippen LogP contribution in [0.25, 0.3) is 10.6 Å². The zero-order chi connectivity index (χ0) is 16.9. The molecule has 0 amide bonds. The Morgan fingerprint density at radius 2 is 2.12 bits per heavy atom. The summed E-state index contributed by atoms with van der Waals surface area (Å²) in [5.41, 5.74) is 1.95. The Bertz CT molecular complexity index is 917. The lowest BCUT2D eigenvalue weighted by Gasteiger charge is -2.06. The number of pyridine rings is 1. The second-order valence-electron chi connectivity index (χ2n) is 4.86. The summed E-state index contributed by atoms with van der Waals surface area (Å²) in [6.45, 7) is 0. The van der Waals surface area contributed by atoms with Crippen molar-refractivity contribution in [1.82, 2.24) is 4.98 Å². The average molecular weight is 415 g/mol. The van der Waals surface area contributed by atoms with E-state index in [0.29, 0.717) is 16.2 Å². The number of Topliss-reactive ketones (excluding diaryl/α,β-unsaturated/α-hetero) is 1. The minimum Gasteiger partial charge on any atom is -0.293 e. The first-order valence-corrected chi connectivity index (χ1v) is 9.70. The third kappa shape index (κ3) is 3.93. The number of nitrogens with zero attached hydrogens (tertiary/aromatic N) is 2. The van der Waals surface area contributed by atoms with Gasteiger partial charge >= 0.3 is 0 Å². The first-order chi connectivity index (χ1) is 11.7. The zero-order valence-electron chi connectivity index (χ0n) is 12.4. The molecule has 0 saturated heterocycles. The van der Waals surface area contributed by atoms with Gasteiger partial charge < -0.3 is 0 Å². The highest BCUT2D eigenvalue weighted by Gasteiger charge is 2.12. The lowest BCUT2D eigenvalue weighted by atomic mass is 10.2. The highest BCUT2D eigenvalue weighted by atomic mass is 79.9. The van der Waals surface area contributed by atoms with Crippen LogP contribution in [0.15, 0.2) is 63.4 Å². The van der Waals surface area contributed by atoms with Crippen LogP contribution in [0.4, 0.5) is 0 Å². The van der Waals surface area contributed by atoms with Gasteiger partial charge in [0.2, 0.25) is 0 Å². The smallest absolute Gasteiger partial charge is 0.173 e. The van der Waals surface area contributed by atoms with Gasteiger partial charge in [-0.2, -0.15) is 5.26 Å². The summed E-state index contributed by atoms with van der Waals surface area (Å²) in [7, 11) is 0. The maximum absolute atomic E-state index is 12.3. The molecular formula is C18H11BrN2OS2. The van der Waals surface area contributed by atoms with E-state index in [0.717, 1.165) is 15.0 Å². The van der Waals surface area contributed by atoms with Gasteiger partial charge in [0.25, 0.3) is 0 Å². The molecule has 0 bridgehead atoms. The number of aromatic nitrogens is 1. The molecule has 0 atom stereocenters. The summed E-state index contributed by atoms with van der Waals surface area (Å²) < 4.78 is 0.869. The fourth-order valence-corrected chi connectivity index (χ4v) is 4.04. The SMILES string of the molecule is N#Cc1ccc(-c2cccs2)nc1SCC(=O)c1cccc(Br)c1. The second-order valence-corrected chi connectivity index (χ2v) is 7.69. The fraction of sp³-hybridized carbons (Fsp3) is 0.0556. The van der Waals surface area contributed by atoms with Crippen molar-refractivity contribution in [3.05, 3.63) is 69.5 Å². The molecular weight excluding hydrogens is 404 g/mol. The molecule has 24 heavy (non-hydrogen) atoms. The molecule has 0 aliphatic heterocycles. The van der Waals surface area contributed by atoms with E-state index in [2.05, 4.69) is 27.0 Å². The summed E-state index contributed by atoms with van der Waals surface area (Å²) in [5, 5.41) is 11.8. The molecule has 118 valence electrons. The van der Waals surface area contributed by atoms with E-state index in [4.69, 9.17) is 0 Å². The van der Waals surface area contributed by atoms with Crippen LogP contribution in [0.3, 0.4) is 0 Å². The summed E-state index contributed by atoms with van der Waals surface area (Å²) in [4.78, 5) is 17.9. The highest BCUT2D eigenvalue weighted by Crippen LogP contribution is 2.28. The highest BCUT2D eigenvalue weighted by molar-refractivity contribution is 9.10. The summed E-state index contributed by atoms with van der Waals surface area (Å²) in [5.74, 6) is 0.250. The van der Waals surface area contributed by atoms with Crippen molar-refractivity contribution < 1.29 is 4.79 Å². The number of benzene rings is 1. The van der Waals surface area contributed by atoms with E-state index in [-0.39, 0.29) is 11.5 Å². The van der Waals surface area contributed by atoms with Crippen LogP contribution in [0, 0.1) is 11.3 Å². The van der Waals surface area contributed by atoms with Gasteiger partial charge in [0, 0.05) is 10.0 Å². The molecule has 0 aliphatic rings. The number of carbonyl (C=O) groups excluding carboxylic acids is 1. The molecule has 6 heteroatoms. The van der Waals surface area contributed by atoms with Gasteiger partial charge in [-0.1, -0.05) is 45.9 Å². The lowest BCUT2D eigenvalue weighted by molar-refractivity contribution is 0.102. The van der Waals surface area contributed by atoms with Crippen LogP contribution in [0.2, 0.25) is 0 Å². The van der Waals surface area contributed by atoms with Crippen LogP contribution in [0.1, 0.15) is 15.9 Å². The minimum atomic E-state index is 0.00789. The van der Waals surface area contributed by atoms with E-state index in [1.54, 1.807) is 29.5 Å². The summed E-state index contributed by atoms with van der Waals surface area (Å²) in [6, 6.07) is 17.0. The predicted octanol–water partition coefficient (Wildman–Crippen LogP) is 5.42. The van der Waals surface area contributed by atoms with Gasteiger partial charge in [-0.3, -0.25) is 4.79 Å². The molecule has 2 aromatic heterocycles. The molecule has 0 saturated carbocycles. The summed E-state index contributed by atoms with van der Waals surface area (Å²) in [6.07, 6.45) is 0. The number of ketones is 1. The van der Waals surface area contributed by atoms with Gasteiger partial charge in [-0.05, 0) is 35.7 Å². The molecule has 0 N–H and O–H groups in total. The van der Waals surface area contributed by atoms with Crippen LogP contribution in [0.5, 0.6) is 0 Å². The van der Waals surface area contributed by atoms with E-state index < -0.39 is 0 Å². The van der Waals surface area contributed by atoms with Crippen molar-refractivity contribution in [1.29, 1.82) is 5.26 Å². The normalized spacial score (nSPS) is 10.3. The molecule has 0 unspecified atom stereocenters. The number of nitriles is 1. The van der Waals surface area contributed by atoms with Gasteiger partial charge in [0.15, 0.2) is 5.78 Å². The molecule has 3 nitrogen and oxygen atoms in total. The molecule has 0 spiro atoms. The third-order valence-electron chi connectivity index (χ3n) is 3.24. The van der Waals surface area contributed by atoms with Gasteiger partial charge in [-0.25, -0.2) is 4.98 Å². The molecule has 0 radical (unpaired) electrons. The number of hydrogen-bond acceptors (Lipinski definition) is 5. The largest absolute Gasteiger partial charge is 0.293 e. The van der Waals surface area contributed by atoms with Crippen molar-refractivity contribution in [3.63, 3.8) is 0 Å². The maximum Gasteiger partial charge on any atom is 0.173 e. The molecule has 3 rings (SSSR count). The maximum atomic E-state index is 12.3. The van der Waals surface area contributed by atoms with Crippen LogP contribution >= 0.6 is 39.0 Å². The molecule has 3 aromatic rings. The Hall–Kier alpha value is -1.94. The van der Waals surface area contributed by atoms with Gasteiger partial charge in [0.1, 0.15) is 11.1 Å². The molecule has 0 aliphatic carbocycles.